The molecule has 8 heteroatoms. The van der Waals surface area contributed by atoms with E-state index in [4.69, 9.17) is 22.3 Å². The summed E-state index contributed by atoms with van der Waals surface area (Å²) in [6, 6.07) is 0. The second-order valence-corrected chi connectivity index (χ2v) is 10.1. The monoisotopic (exact) mass is 342 g/mol. The molecule has 0 saturated heterocycles. The van der Waals surface area contributed by atoms with Crippen LogP contribution in [0.5, 0.6) is 0 Å². The van der Waals surface area contributed by atoms with Crippen LogP contribution >= 0.6 is 7.60 Å². The molecule has 0 unspecified atom stereocenters. The first-order chi connectivity index (χ1) is 9.89. The Morgan fingerprint density at radius 2 is 1.33 bits per heavy atom. The van der Waals surface area contributed by atoms with Crippen LogP contribution in [-0.2, 0) is 26.9 Å². The van der Waals surface area contributed by atoms with Gasteiger partial charge in [-0.3, -0.25) is 4.57 Å². The minimum absolute atomic E-state index is 0.135. The topological polar surface area (TPSA) is 63.2 Å². The smallest absolute Gasteiger partial charge is 0.374 e. The average Bonchev–Trinajstić information content (AvgIpc) is 2.39. The number of rotatable bonds is 13. The van der Waals surface area contributed by atoms with E-state index in [1.807, 2.05) is 27.7 Å². The van der Waals surface area contributed by atoms with Gasteiger partial charge in [0.05, 0.1) is 19.4 Å². The van der Waals surface area contributed by atoms with Crippen molar-refractivity contribution in [1.29, 1.82) is 0 Å². The Bertz CT molecular complexity index is 297. The van der Waals surface area contributed by atoms with E-state index in [-0.39, 0.29) is 18.3 Å². The van der Waals surface area contributed by atoms with Crippen LogP contribution in [0.1, 0.15) is 41.5 Å². The lowest BCUT2D eigenvalue weighted by Gasteiger charge is -2.32. The second kappa shape index (κ2) is 10.9. The third-order valence-electron chi connectivity index (χ3n) is 2.72. The van der Waals surface area contributed by atoms with Crippen molar-refractivity contribution in [2.45, 2.75) is 47.1 Å². The average molecular weight is 342 g/mol. The van der Waals surface area contributed by atoms with Crippen LogP contribution in [-0.4, -0.2) is 48.0 Å². The zero-order valence-electron chi connectivity index (χ0n) is 14.2. The molecule has 0 amide bonds. The molecule has 0 aliphatic heterocycles. The van der Waals surface area contributed by atoms with Crippen molar-refractivity contribution in [2.75, 3.05) is 39.2 Å². The Kier molecular flexibility index (Phi) is 11.0. The summed E-state index contributed by atoms with van der Waals surface area (Å²) in [6.45, 7) is 13.4. The SMILES string of the molecule is CCO[Si](OCC)(OCCP(=O)(OCC)OCC)C(C)C. The molecule has 0 aliphatic rings. The summed E-state index contributed by atoms with van der Waals surface area (Å²) >= 11 is 0. The molecule has 0 aromatic carbocycles. The molecular weight excluding hydrogens is 311 g/mol. The quantitative estimate of drug-likeness (QED) is 0.376. The summed E-state index contributed by atoms with van der Waals surface area (Å²) in [6.07, 6.45) is 0.205. The molecule has 0 N–H and O–H groups in total. The molecule has 0 atom stereocenters. The van der Waals surface area contributed by atoms with Crippen LogP contribution in [0.25, 0.3) is 0 Å². The summed E-state index contributed by atoms with van der Waals surface area (Å²) in [7, 11) is -5.84. The molecule has 0 saturated carbocycles. The second-order valence-electron chi connectivity index (χ2n) is 4.64. The summed E-state index contributed by atoms with van der Waals surface area (Å²) in [4.78, 5) is 0. The van der Waals surface area contributed by atoms with Crippen LogP contribution in [0.4, 0.5) is 0 Å². The van der Waals surface area contributed by atoms with Crippen molar-refractivity contribution in [1.82, 2.24) is 0 Å². The van der Waals surface area contributed by atoms with E-state index in [1.54, 1.807) is 13.8 Å². The van der Waals surface area contributed by atoms with Crippen molar-refractivity contribution in [3.05, 3.63) is 0 Å². The van der Waals surface area contributed by atoms with E-state index >= 15 is 0 Å². The molecule has 0 radical (unpaired) electrons. The lowest BCUT2D eigenvalue weighted by molar-refractivity contribution is 0.0632. The fraction of sp³-hybridized carbons (Fsp3) is 1.00. The maximum absolute atomic E-state index is 12.4. The standard InChI is InChI=1S/C13H31O6PSi/c1-7-15-20(14,16-8-2)12-11-19-21(13(5)6,17-9-3)18-10-4/h13H,7-12H2,1-6H3. The molecule has 21 heavy (non-hydrogen) atoms. The highest BCUT2D eigenvalue weighted by Gasteiger charge is 2.45. The maximum atomic E-state index is 12.4. The molecule has 128 valence electrons. The van der Waals surface area contributed by atoms with Crippen LogP contribution in [0.2, 0.25) is 5.54 Å². The van der Waals surface area contributed by atoms with E-state index < -0.39 is 16.4 Å². The summed E-state index contributed by atoms with van der Waals surface area (Å²) < 4.78 is 40.4. The van der Waals surface area contributed by atoms with Crippen molar-refractivity contribution in [3.63, 3.8) is 0 Å². The molecule has 0 aromatic rings. The zero-order chi connectivity index (χ0) is 16.4. The summed E-state index contributed by atoms with van der Waals surface area (Å²) in [5.41, 5.74) is 0.135. The van der Waals surface area contributed by atoms with Gasteiger partial charge >= 0.3 is 16.4 Å². The van der Waals surface area contributed by atoms with Gasteiger partial charge < -0.3 is 22.3 Å². The third-order valence-corrected chi connectivity index (χ3v) is 8.15. The van der Waals surface area contributed by atoms with Crippen LogP contribution in [0, 0.1) is 0 Å². The summed E-state index contributed by atoms with van der Waals surface area (Å²) in [5.74, 6) is 0. The Morgan fingerprint density at radius 3 is 1.67 bits per heavy atom. The minimum Gasteiger partial charge on any atom is -0.374 e. The highest BCUT2D eigenvalue weighted by molar-refractivity contribution is 7.53. The van der Waals surface area contributed by atoms with Crippen LogP contribution < -0.4 is 0 Å². The first-order valence-corrected chi connectivity index (χ1v) is 11.2. The minimum atomic E-state index is -3.09. The van der Waals surface area contributed by atoms with E-state index in [9.17, 15) is 4.57 Å². The van der Waals surface area contributed by atoms with Gasteiger partial charge in [-0.1, -0.05) is 13.8 Å². The normalized spacial score (nSPS) is 13.1. The first kappa shape index (κ1) is 21.2. The van der Waals surface area contributed by atoms with Gasteiger partial charge in [0.25, 0.3) is 0 Å². The highest BCUT2D eigenvalue weighted by atomic mass is 31.2. The van der Waals surface area contributed by atoms with Crippen LogP contribution in [0.3, 0.4) is 0 Å². The lowest BCUT2D eigenvalue weighted by Crippen LogP contribution is -2.49. The van der Waals surface area contributed by atoms with Gasteiger partial charge in [0.2, 0.25) is 0 Å². The molecule has 6 nitrogen and oxygen atoms in total. The Morgan fingerprint density at radius 1 is 0.857 bits per heavy atom. The van der Waals surface area contributed by atoms with E-state index in [1.165, 1.54) is 0 Å². The zero-order valence-corrected chi connectivity index (χ0v) is 16.1. The molecule has 0 aliphatic carbocycles. The van der Waals surface area contributed by atoms with Crippen molar-refractivity contribution >= 4 is 16.4 Å². The Hall–Kier alpha value is 0.247. The molecule has 0 spiro atoms. The third kappa shape index (κ3) is 7.37. The fourth-order valence-electron chi connectivity index (χ4n) is 1.89. The molecule has 0 heterocycles. The predicted molar refractivity (Wildman–Crippen MR) is 85.8 cm³/mol. The fourth-order valence-corrected chi connectivity index (χ4v) is 5.93. The molecule has 0 rings (SSSR count). The van der Waals surface area contributed by atoms with Crippen molar-refractivity contribution in [3.8, 4) is 0 Å². The highest BCUT2D eigenvalue weighted by Crippen LogP contribution is 2.47. The number of hydrogen-bond acceptors (Lipinski definition) is 6. The van der Waals surface area contributed by atoms with Gasteiger partial charge in [-0.15, -0.1) is 0 Å². The summed E-state index contributed by atoms with van der Waals surface area (Å²) in [5, 5.41) is 0. The Balaban J connectivity index is 4.69. The van der Waals surface area contributed by atoms with Gasteiger partial charge in [-0.25, -0.2) is 0 Å². The van der Waals surface area contributed by atoms with Gasteiger partial charge in [0.15, 0.2) is 0 Å². The van der Waals surface area contributed by atoms with Crippen molar-refractivity contribution in [2.24, 2.45) is 0 Å². The van der Waals surface area contributed by atoms with E-state index in [2.05, 4.69) is 0 Å². The maximum Gasteiger partial charge on any atom is 0.503 e. The van der Waals surface area contributed by atoms with Gasteiger partial charge in [0, 0.05) is 25.4 Å². The largest absolute Gasteiger partial charge is 0.503 e. The van der Waals surface area contributed by atoms with Gasteiger partial charge in [-0.05, 0) is 27.7 Å². The molecule has 0 fully saturated rings. The van der Waals surface area contributed by atoms with Gasteiger partial charge in [-0.2, -0.15) is 0 Å². The molecular formula is C13H31O6PSi. The first-order valence-electron chi connectivity index (χ1n) is 7.69. The van der Waals surface area contributed by atoms with E-state index in [0.717, 1.165) is 0 Å². The van der Waals surface area contributed by atoms with Crippen molar-refractivity contribution < 1.29 is 26.9 Å². The van der Waals surface area contributed by atoms with Crippen LogP contribution in [0.15, 0.2) is 0 Å². The molecule has 0 aromatic heterocycles. The predicted octanol–water partition coefficient (Wildman–Crippen LogP) is 3.69. The lowest BCUT2D eigenvalue weighted by atomic mass is 10.6. The number of hydrogen-bond donors (Lipinski definition) is 0. The Labute approximate surface area is 130 Å². The molecule has 0 bridgehead atoms. The van der Waals surface area contributed by atoms with Gasteiger partial charge in [0.1, 0.15) is 0 Å². The van der Waals surface area contributed by atoms with E-state index in [0.29, 0.717) is 26.4 Å².